The Hall–Kier alpha value is -3.42. The van der Waals surface area contributed by atoms with Gasteiger partial charge in [0, 0.05) is 5.69 Å². The molecule has 0 amide bonds. The molecule has 8 heteroatoms. The van der Waals surface area contributed by atoms with E-state index in [-0.39, 0.29) is 11.5 Å². The predicted molar refractivity (Wildman–Crippen MR) is 90.9 cm³/mol. The van der Waals surface area contributed by atoms with Crippen LogP contribution in [0.25, 0.3) is 16.8 Å². The van der Waals surface area contributed by atoms with Gasteiger partial charge >= 0.3 is 6.18 Å². The van der Waals surface area contributed by atoms with Gasteiger partial charge in [0.1, 0.15) is 0 Å². The first-order chi connectivity index (χ1) is 12.5. The Morgan fingerprint density at radius 1 is 0.769 bits per heavy atom. The molecule has 0 saturated carbocycles. The first-order valence-corrected chi connectivity index (χ1v) is 7.73. The van der Waals surface area contributed by atoms with E-state index < -0.39 is 12.0 Å². The molecule has 0 aliphatic carbocycles. The third kappa shape index (κ3) is 3.08. The Morgan fingerprint density at radius 3 is 2.15 bits per heavy atom. The highest BCUT2D eigenvalue weighted by molar-refractivity contribution is 5.67. The van der Waals surface area contributed by atoms with Crippen LogP contribution in [0.1, 0.15) is 5.82 Å². The van der Waals surface area contributed by atoms with Gasteiger partial charge in [-0.05, 0) is 35.4 Å². The molecule has 130 valence electrons. The second kappa shape index (κ2) is 6.14. The lowest BCUT2D eigenvalue weighted by Crippen LogP contribution is -2.13. The summed E-state index contributed by atoms with van der Waals surface area (Å²) in [5, 5.41) is 13.6. The number of anilines is 2. The number of hydrogen-bond acceptors (Lipinski definition) is 4. The fraction of sp³-hybridized carbons (Fsp3) is 0.0556. The number of fused-ring (bicyclic) bond motifs is 1. The van der Waals surface area contributed by atoms with Crippen LogP contribution in [0.3, 0.4) is 0 Å². The first-order valence-electron chi connectivity index (χ1n) is 7.73. The zero-order chi connectivity index (χ0) is 18.1. The maximum atomic E-state index is 12.9. The monoisotopic (exact) mass is 355 g/mol. The van der Waals surface area contributed by atoms with Crippen LogP contribution in [0.5, 0.6) is 0 Å². The predicted octanol–water partition coefficient (Wildman–Crippen LogP) is 4.55. The molecule has 0 unspecified atom stereocenters. The number of rotatable bonds is 3. The van der Waals surface area contributed by atoms with Crippen molar-refractivity contribution < 1.29 is 13.2 Å². The zero-order valence-corrected chi connectivity index (χ0v) is 13.3. The number of halogens is 3. The third-order valence-corrected chi connectivity index (χ3v) is 3.78. The average Bonchev–Trinajstić information content (AvgIpc) is 3.07. The second-order valence-electron chi connectivity index (χ2n) is 5.58. The third-order valence-electron chi connectivity index (χ3n) is 3.78. The fourth-order valence-corrected chi connectivity index (χ4v) is 2.56. The van der Waals surface area contributed by atoms with Crippen molar-refractivity contribution in [3.05, 3.63) is 72.6 Å². The molecule has 0 atom stereocenters. The summed E-state index contributed by atoms with van der Waals surface area (Å²) in [6.45, 7) is 0. The molecule has 2 aromatic carbocycles. The van der Waals surface area contributed by atoms with Crippen molar-refractivity contribution in [1.82, 2.24) is 19.8 Å². The van der Waals surface area contributed by atoms with Gasteiger partial charge in [0.2, 0.25) is 0 Å². The van der Waals surface area contributed by atoms with Crippen LogP contribution < -0.4 is 5.32 Å². The molecular formula is C18H12F3N5. The maximum Gasteiger partial charge on any atom is 0.453 e. The summed E-state index contributed by atoms with van der Waals surface area (Å²) in [7, 11) is 0. The van der Waals surface area contributed by atoms with Gasteiger partial charge in [0.05, 0.1) is 0 Å². The quantitative estimate of drug-likeness (QED) is 0.586. The van der Waals surface area contributed by atoms with E-state index in [1.807, 2.05) is 54.6 Å². The van der Waals surface area contributed by atoms with Gasteiger partial charge in [0.25, 0.3) is 5.82 Å². The summed E-state index contributed by atoms with van der Waals surface area (Å²) in [6, 6.07) is 20.4. The highest BCUT2D eigenvalue weighted by Gasteiger charge is 2.37. The Labute approximate surface area is 146 Å². The summed E-state index contributed by atoms with van der Waals surface area (Å²) in [5.74, 6) is -0.897. The van der Waals surface area contributed by atoms with E-state index in [2.05, 4.69) is 20.6 Å². The normalized spacial score (nSPS) is 11.7. The molecule has 2 aromatic heterocycles. The van der Waals surface area contributed by atoms with Crippen LogP contribution >= 0.6 is 0 Å². The molecule has 0 aliphatic heterocycles. The van der Waals surface area contributed by atoms with Crippen LogP contribution in [0.15, 0.2) is 66.7 Å². The molecule has 0 fully saturated rings. The Morgan fingerprint density at radius 2 is 1.46 bits per heavy atom. The number of aromatic nitrogens is 4. The highest BCUT2D eigenvalue weighted by atomic mass is 19.4. The molecular weight excluding hydrogens is 343 g/mol. The van der Waals surface area contributed by atoms with Crippen molar-refractivity contribution in [3.63, 3.8) is 0 Å². The molecule has 4 aromatic rings. The van der Waals surface area contributed by atoms with E-state index >= 15 is 0 Å². The minimum Gasteiger partial charge on any atom is -0.339 e. The molecule has 4 rings (SSSR count). The van der Waals surface area contributed by atoms with Crippen LogP contribution in [0, 0.1) is 0 Å². The molecule has 0 spiro atoms. The molecule has 1 N–H and O–H groups in total. The topological polar surface area (TPSA) is 55.1 Å². The molecule has 0 bridgehead atoms. The summed E-state index contributed by atoms with van der Waals surface area (Å²) in [4.78, 5) is 0. The highest BCUT2D eigenvalue weighted by Crippen LogP contribution is 2.28. The van der Waals surface area contributed by atoms with Gasteiger partial charge in [-0.3, -0.25) is 0 Å². The number of alkyl halides is 3. The fourth-order valence-electron chi connectivity index (χ4n) is 2.56. The zero-order valence-electron chi connectivity index (χ0n) is 13.3. The van der Waals surface area contributed by atoms with Crippen LogP contribution in [0.2, 0.25) is 0 Å². The van der Waals surface area contributed by atoms with Crippen LogP contribution in [-0.2, 0) is 6.18 Å². The lowest BCUT2D eigenvalue weighted by molar-refractivity contribution is -0.146. The first kappa shape index (κ1) is 16.1. The van der Waals surface area contributed by atoms with E-state index in [1.165, 1.54) is 6.07 Å². The number of hydrogen-bond donors (Lipinski definition) is 1. The standard InChI is InChI=1S/C18H12F3N5/c19-18(20,21)17-24-23-16-11-10-15(25-26(16)17)22-14-8-6-13(7-9-14)12-4-2-1-3-5-12/h1-11H,(H,22,25). The Bertz CT molecular complexity index is 1040. The second-order valence-corrected chi connectivity index (χ2v) is 5.58. The summed E-state index contributed by atoms with van der Waals surface area (Å²) >= 11 is 0. The van der Waals surface area contributed by atoms with Crippen molar-refractivity contribution in [3.8, 4) is 11.1 Å². The molecule has 5 nitrogen and oxygen atoms in total. The van der Waals surface area contributed by atoms with Crippen molar-refractivity contribution in [2.45, 2.75) is 6.18 Å². The minimum absolute atomic E-state index is 0.0299. The van der Waals surface area contributed by atoms with E-state index in [4.69, 9.17) is 0 Å². The van der Waals surface area contributed by atoms with Gasteiger partial charge in [-0.15, -0.1) is 15.3 Å². The van der Waals surface area contributed by atoms with Crippen molar-refractivity contribution in [1.29, 1.82) is 0 Å². The Kier molecular flexibility index (Phi) is 3.80. The molecule has 2 heterocycles. The van der Waals surface area contributed by atoms with Crippen molar-refractivity contribution in [2.24, 2.45) is 0 Å². The SMILES string of the molecule is FC(F)(F)c1nnc2ccc(Nc3ccc(-c4ccccc4)cc3)nn12. The van der Waals surface area contributed by atoms with Gasteiger partial charge in [-0.2, -0.15) is 17.7 Å². The smallest absolute Gasteiger partial charge is 0.339 e. The van der Waals surface area contributed by atoms with E-state index in [0.29, 0.717) is 10.2 Å². The molecule has 0 saturated heterocycles. The number of benzene rings is 2. The molecule has 0 aliphatic rings. The van der Waals surface area contributed by atoms with E-state index in [1.54, 1.807) is 6.07 Å². The van der Waals surface area contributed by atoms with Gasteiger partial charge in [0.15, 0.2) is 11.5 Å². The number of nitrogens with one attached hydrogen (secondary N) is 1. The van der Waals surface area contributed by atoms with Crippen LogP contribution in [0.4, 0.5) is 24.7 Å². The van der Waals surface area contributed by atoms with E-state index in [9.17, 15) is 13.2 Å². The molecule has 0 radical (unpaired) electrons. The van der Waals surface area contributed by atoms with Crippen molar-refractivity contribution >= 4 is 17.2 Å². The minimum atomic E-state index is -4.62. The summed E-state index contributed by atoms with van der Waals surface area (Å²) in [6.07, 6.45) is -4.62. The van der Waals surface area contributed by atoms with Crippen molar-refractivity contribution in [2.75, 3.05) is 5.32 Å². The van der Waals surface area contributed by atoms with Crippen LogP contribution in [-0.4, -0.2) is 19.8 Å². The maximum absolute atomic E-state index is 12.9. The largest absolute Gasteiger partial charge is 0.453 e. The lowest BCUT2D eigenvalue weighted by Gasteiger charge is -2.08. The molecule has 26 heavy (non-hydrogen) atoms. The van der Waals surface area contributed by atoms with Gasteiger partial charge in [-0.25, -0.2) is 0 Å². The summed E-state index contributed by atoms with van der Waals surface area (Å²) < 4.78 is 39.5. The van der Waals surface area contributed by atoms with Gasteiger partial charge in [-0.1, -0.05) is 42.5 Å². The lowest BCUT2D eigenvalue weighted by atomic mass is 10.1. The number of nitrogens with zero attached hydrogens (tertiary/aromatic N) is 4. The van der Waals surface area contributed by atoms with Gasteiger partial charge < -0.3 is 5.32 Å². The average molecular weight is 355 g/mol. The Balaban J connectivity index is 1.61. The summed E-state index contributed by atoms with van der Waals surface area (Å²) in [5.41, 5.74) is 2.86. The van der Waals surface area contributed by atoms with E-state index in [0.717, 1.165) is 11.1 Å².